The van der Waals surface area contributed by atoms with Crippen molar-refractivity contribution in [2.24, 2.45) is 5.73 Å². The molecule has 0 atom stereocenters. The molecule has 0 aliphatic heterocycles. The summed E-state index contributed by atoms with van der Waals surface area (Å²) < 4.78 is 1.49. The van der Waals surface area contributed by atoms with Gasteiger partial charge in [0.05, 0.1) is 0 Å². The topological polar surface area (TPSA) is 126 Å². The number of nitrogens with two attached hydrogens (primary N) is 1. The third-order valence-electron chi connectivity index (χ3n) is 5.97. The zero-order valence-electron chi connectivity index (χ0n) is 21.7. The monoisotopic (exact) mass is 602 g/mol. The number of carbonyl (C=O) groups excluding carboxylic acids is 1. The van der Waals surface area contributed by atoms with Crippen molar-refractivity contribution in [2.45, 2.75) is 25.9 Å². The number of hydrogen-bond donors (Lipinski definition) is 4. The van der Waals surface area contributed by atoms with E-state index in [2.05, 4.69) is 15.6 Å². The Balaban J connectivity index is 0.00000267. The van der Waals surface area contributed by atoms with E-state index in [0.29, 0.717) is 30.8 Å². The van der Waals surface area contributed by atoms with Crippen molar-refractivity contribution < 1.29 is 4.79 Å². The maximum Gasteiger partial charge on any atom is 0.293 e. The van der Waals surface area contributed by atoms with Crippen LogP contribution >= 0.6 is 37.2 Å². The first kappa shape index (κ1) is 34.2. The molecule has 0 aliphatic rings. The molecule has 1 amide bonds. The van der Waals surface area contributed by atoms with Crippen molar-refractivity contribution in [1.29, 1.82) is 5.41 Å². The fourth-order valence-electron chi connectivity index (χ4n) is 3.94. The number of amidine groups is 1. The Labute approximate surface area is 252 Å². The molecular weight excluding hydrogens is 571 g/mol. The van der Waals surface area contributed by atoms with E-state index in [1.165, 1.54) is 4.57 Å². The number of benzene rings is 3. The summed E-state index contributed by atoms with van der Waals surface area (Å²) in [7, 11) is 0. The largest absolute Gasteiger partial charge is 0.384 e. The first-order chi connectivity index (χ1) is 18.0. The van der Waals surface area contributed by atoms with Crippen LogP contribution in [-0.2, 0) is 30.7 Å². The Hall–Kier alpha value is -3.85. The highest BCUT2D eigenvalue weighted by atomic mass is 35.5. The fraction of sp³-hybridized carbons (Fsp3) is 0.172. The molecule has 212 valence electrons. The quantitative estimate of drug-likeness (QED) is 0.150. The first-order valence-electron chi connectivity index (χ1n) is 12.1. The number of aromatic nitrogens is 2. The highest BCUT2D eigenvalue weighted by Gasteiger charge is 2.14. The number of nitrogens with zero attached hydrogens (tertiary/aromatic N) is 2. The summed E-state index contributed by atoms with van der Waals surface area (Å²) in [6, 6.07) is 26.9. The van der Waals surface area contributed by atoms with Gasteiger partial charge in [-0.3, -0.25) is 19.6 Å². The van der Waals surface area contributed by atoms with Gasteiger partial charge in [-0.1, -0.05) is 84.9 Å². The summed E-state index contributed by atoms with van der Waals surface area (Å²) in [6.45, 7) is 0.724. The second kappa shape index (κ2) is 17.0. The van der Waals surface area contributed by atoms with Crippen molar-refractivity contribution >= 4 is 54.8 Å². The Morgan fingerprint density at radius 3 is 2.05 bits per heavy atom. The van der Waals surface area contributed by atoms with Gasteiger partial charge in [-0.2, -0.15) is 0 Å². The molecule has 40 heavy (non-hydrogen) atoms. The molecule has 0 saturated heterocycles. The lowest BCUT2D eigenvalue weighted by Gasteiger charge is -2.15. The number of anilines is 1. The van der Waals surface area contributed by atoms with E-state index in [1.807, 2.05) is 72.8 Å². The van der Waals surface area contributed by atoms with E-state index >= 15 is 0 Å². The Bertz CT molecular complexity index is 1420. The Morgan fingerprint density at radius 1 is 0.850 bits per heavy atom. The van der Waals surface area contributed by atoms with Crippen molar-refractivity contribution in [3.05, 3.63) is 129 Å². The molecule has 0 radical (unpaired) electrons. The molecule has 1 heterocycles. The Morgan fingerprint density at radius 2 is 1.45 bits per heavy atom. The van der Waals surface area contributed by atoms with Gasteiger partial charge in [0.15, 0.2) is 5.82 Å². The lowest BCUT2D eigenvalue weighted by atomic mass is 10.1. The molecule has 0 bridgehead atoms. The number of nitrogen functional groups attached to an aromatic ring is 1. The number of hydrogen-bond acceptors (Lipinski definition) is 5. The van der Waals surface area contributed by atoms with Crippen LogP contribution in [0.25, 0.3) is 0 Å². The average molecular weight is 604 g/mol. The van der Waals surface area contributed by atoms with Gasteiger partial charge in [-0.25, -0.2) is 4.98 Å². The van der Waals surface area contributed by atoms with Crippen LogP contribution in [0.15, 0.2) is 95.9 Å². The second-order valence-corrected chi connectivity index (χ2v) is 8.70. The summed E-state index contributed by atoms with van der Waals surface area (Å²) in [6.07, 6.45) is 2.89. The number of carbonyl (C=O) groups is 1. The van der Waals surface area contributed by atoms with Crippen LogP contribution in [0.3, 0.4) is 0 Å². The summed E-state index contributed by atoms with van der Waals surface area (Å²) >= 11 is 0. The zero-order chi connectivity index (χ0) is 26.0. The Kier molecular flexibility index (Phi) is 14.5. The van der Waals surface area contributed by atoms with E-state index in [9.17, 15) is 9.59 Å². The number of rotatable bonds is 11. The molecule has 0 spiro atoms. The third-order valence-corrected chi connectivity index (χ3v) is 5.97. The van der Waals surface area contributed by atoms with Crippen LogP contribution < -0.4 is 21.9 Å². The molecule has 11 heteroatoms. The molecule has 0 fully saturated rings. The standard InChI is InChI=1S/C29H30N6O2.3ClH/c30-27(31)24-13-11-23(12-14-24)18-33-26(36)20-35-25(17-22-9-5-2-6-10-22)19-34-28(29(35)37)32-16-15-21-7-3-1-4-8-21;;;/h1-14,19H,15-18,20H2,(H3,30,31)(H,32,34)(H,33,36);3*1H. The SMILES string of the molecule is Cl.Cl.Cl.N=C(N)c1ccc(CNC(=O)Cn2c(Cc3ccccc3)cnc(NCCc3ccccc3)c2=O)cc1. The van der Waals surface area contributed by atoms with E-state index in [1.54, 1.807) is 18.3 Å². The predicted octanol–water partition coefficient (Wildman–Crippen LogP) is 4.35. The summed E-state index contributed by atoms with van der Waals surface area (Å²) in [5.74, 6) is -0.0689. The van der Waals surface area contributed by atoms with Gasteiger partial charge in [0.25, 0.3) is 5.56 Å². The molecule has 0 unspecified atom stereocenters. The van der Waals surface area contributed by atoms with Crippen LogP contribution in [0.1, 0.15) is 27.9 Å². The maximum absolute atomic E-state index is 13.4. The number of nitrogens with one attached hydrogen (secondary N) is 3. The van der Waals surface area contributed by atoms with Gasteiger partial charge in [0.2, 0.25) is 5.91 Å². The van der Waals surface area contributed by atoms with Crippen LogP contribution in [-0.4, -0.2) is 27.8 Å². The molecule has 5 N–H and O–H groups in total. The minimum Gasteiger partial charge on any atom is -0.384 e. The molecule has 4 aromatic rings. The van der Waals surface area contributed by atoms with E-state index in [4.69, 9.17) is 11.1 Å². The lowest BCUT2D eigenvalue weighted by Crippen LogP contribution is -2.35. The molecule has 0 aliphatic carbocycles. The van der Waals surface area contributed by atoms with Crippen molar-refractivity contribution in [1.82, 2.24) is 14.9 Å². The first-order valence-corrected chi connectivity index (χ1v) is 12.1. The minimum atomic E-state index is -0.331. The van der Waals surface area contributed by atoms with Gasteiger partial charge in [-0.15, -0.1) is 37.2 Å². The zero-order valence-corrected chi connectivity index (χ0v) is 24.2. The van der Waals surface area contributed by atoms with Crippen molar-refractivity contribution in [3.63, 3.8) is 0 Å². The fourth-order valence-corrected chi connectivity index (χ4v) is 3.94. The van der Waals surface area contributed by atoms with Gasteiger partial charge in [0.1, 0.15) is 12.4 Å². The maximum atomic E-state index is 13.4. The summed E-state index contributed by atoms with van der Waals surface area (Å²) in [5.41, 5.74) is 9.50. The lowest BCUT2D eigenvalue weighted by molar-refractivity contribution is -0.121. The third kappa shape index (κ3) is 9.72. The van der Waals surface area contributed by atoms with E-state index in [-0.39, 0.29) is 66.9 Å². The average Bonchev–Trinajstić information content (AvgIpc) is 2.92. The minimum absolute atomic E-state index is 0. The normalized spacial score (nSPS) is 9.80. The highest BCUT2D eigenvalue weighted by molar-refractivity contribution is 5.94. The molecule has 0 saturated carbocycles. The number of amides is 1. The van der Waals surface area contributed by atoms with Gasteiger partial charge in [-0.05, 0) is 23.1 Å². The highest BCUT2D eigenvalue weighted by Crippen LogP contribution is 2.10. The van der Waals surface area contributed by atoms with E-state index in [0.717, 1.165) is 23.1 Å². The molecule has 1 aromatic heterocycles. The summed E-state index contributed by atoms with van der Waals surface area (Å²) in [4.78, 5) is 30.6. The van der Waals surface area contributed by atoms with Crippen LogP contribution in [0.2, 0.25) is 0 Å². The van der Waals surface area contributed by atoms with Crippen LogP contribution in [0.5, 0.6) is 0 Å². The van der Waals surface area contributed by atoms with Gasteiger partial charge in [0, 0.05) is 37.0 Å². The number of halogens is 3. The molecule has 4 rings (SSSR count). The van der Waals surface area contributed by atoms with E-state index < -0.39 is 0 Å². The van der Waals surface area contributed by atoms with Crippen molar-refractivity contribution in [3.8, 4) is 0 Å². The van der Waals surface area contributed by atoms with Gasteiger partial charge >= 0.3 is 0 Å². The predicted molar refractivity (Wildman–Crippen MR) is 167 cm³/mol. The van der Waals surface area contributed by atoms with Crippen molar-refractivity contribution in [2.75, 3.05) is 11.9 Å². The summed E-state index contributed by atoms with van der Waals surface area (Å²) in [5, 5.41) is 13.5. The molecule has 3 aromatic carbocycles. The second-order valence-electron chi connectivity index (χ2n) is 8.70. The molecule has 8 nitrogen and oxygen atoms in total. The van der Waals surface area contributed by atoms with Gasteiger partial charge < -0.3 is 16.4 Å². The molecular formula is C29H33Cl3N6O2. The van der Waals surface area contributed by atoms with Crippen LogP contribution in [0.4, 0.5) is 5.82 Å². The smallest absolute Gasteiger partial charge is 0.293 e. The van der Waals surface area contributed by atoms with Crippen LogP contribution in [0, 0.1) is 5.41 Å².